The Morgan fingerprint density at radius 1 is 1.05 bits per heavy atom. The molecule has 1 saturated heterocycles. The molecule has 1 aliphatic rings. The Hall–Kier alpha value is 0.0569. The summed E-state index contributed by atoms with van der Waals surface area (Å²) in [5.41, 5.74) is 5.72. The van der Waals surface area contributed by atoms with Gasteiger partial charge in [0, 0.05) is 19.8 Å². The highest BCUT2D eigenvalue weighted by Gasteiger charge is 2.59. The van der Waals surface area contributed by atoms with Gasteiger partial charge in [-0.15, -0.1) is 0 Å². The number of rotatable bonds is 9. The molecule has 0 aromatic carbocycles. The highest BCUT2D eigenvalue weighted by Crippen LogP contribution is 2.43. The molecule has 19 heavy (non-hydrogen) atoms. The normalized spacial score (nSPS) is 26.5. The van der Waals surface area contributed by atoms with E-state index in [2.05, 4.69) is 20.8 Å². The lowest BCUT2D eigenvalue weighted by Crippen LogP contribution is -2.66. The van der Waals surface area contributed by atoms with E-state index in [-0.39, 0.29) is 5.22 Å². The molecule has 4 nitrogen and oxygen atoms in total. The van der Waals surface area contributed by atoms with Crippen LogP contribution in [0.1, 0.15) is 52.9 Å². The van der Waals surface area contributed by atoms with Crippen LogP contribution in [0, 0.1) is 0 Å². The van der Waals surface area contributed by atoms with E-state index < -0.39 is 8.56 Å². The van der Waals surface area contributed by atoms with Gasteiger partial charge in [0.1, 0.15) is 5.22 Å². The van der Waals surface area contributed by atoms with Crippen LogP contribution in [-0.4, -0.2) is 40.2 Å². The molecule has 1 rings (SSSR count). The van der Waals surface area contributed by atoms with Crippen LogP contribution < -0.4 is 5.73 Å². The second-order valence-corrected chi connectivity index (χ2v) is 8.64. The summed E-state index contributed by atoms with van der Waals surface area (Å²) in [4.78, 5) is 0. The van der Waals surface area contributed by atoms with E-state index in [1.165, 1.54) is 12.8 Å². The van der Waals surface area contributed by atoms with Crippen LogP contribution in [0.5, 0.6) is 0 Å². The van der Waals surface area contributed by atoms with Gasteiger partial charge in [0.15, 0.2) is 0 Å². The first-order valence-corrected chi connectivity index (χ1v) is 9.84. The van der Waals surface area contributed by atoms with Gasteiger partial charge in [0.2, 0.25) is 0 Å². The SMILES string of the molecule is CCOC1(CCCN)CCCC[Si]1(OCC)OCC. The van der Waals surface area contributed by atoms with Crippen molar-refractivity contribution in [2.24, 2.45) is 5.73 Å². The molecule has 0 aliphatic carbocycles. The van der Waals surface area contributed by atoms with E-state index >= 15 is 0 Å². The summed E-state index contributed by atoms with van der Waals surface area (Å²) in [6, 6.07) is 1.05. The first kappa shape index (κ1) is 17.1. The molecule has 1 heterocycles. The largest absolute Gasteiger partial charge is 0.393 e. The van der Waals surface area contributed by atoms with Crippen molar-refractivity contribution in [3.05, 3.63) is 0 Å². The maximum Gasteiger partial charge on any atom is 0.371 e. The van der Waals surface area contributed by atoms with Crippen molar-refractivity contribution in [2.45, 2.75) is 64.1 Å². The van der Waals surface area contributed by atoms with E-state index in [1.54, 1.807) is 0 Å². The standard InChI is InChI=1S/C14H31NO3Si/c1-4-16-14(11-9-12-15)10-7-8-13-19(14,17-5-2)18-6-3/h4-13,15H2,1-3H3. The molecule has 1 unspecified atom stereocenters. The molecule has 0 saturated carbocycles. The second kappa shape index (κ2) is 8.37. The summed E-state index contributed by atoms with van der Waals surface area (Å²) in [6.07, 6.45) is 5.43. The predicted molar refractivity (Wildman–Crippen MR) is 80.3 cm³/mol. The Morgan fingerprint density at radius 2 is 1.74 bits per heavy atom. The summed E-state index contributed by atoms with van der Waals surface area (Å²) < 4.78 is 18.7. The maximum absolute atomic E-state index is 6.25. The van der Waals surface area contributed by atoms with E-state index in [1.807, 2.05) is 0 Å². The molecule has 0 aromatic heterocycles. The van der Waals surface area contributed by atoms with Crippen molar-refractivity contribution in [2.75, 3.05) is 26.4 Å². The van der Waals surface area contributed by atoms with Crippen molar-refractivity contribution in [3.63, 3.8) is 0 Å². The summed E-state index contributed by atoms with van der Waals surface area (Å²) >= 11 is 0. The van der Waals surface area contributed by atoms with Crippen LogP contribution >= 0.6 is 0 Å². The van der Waals surface area contributed by atoms with Crippen molar-refractivity contribution < 1.29 is 13.6 Å². The van der Waals surface area contributed by atoms with Crippen molar-refractivity contribution in [1.29, 1.82) is 0 Å². The van der Waals surface area contributed by atoms with Gasteiger partial charge in [-0.25, -0.2) is 0 Å². The van der Waals surface area contributed by atoms with Gasteiger partial charge in [-0.2, -0.15) is 0 Å². The van der Waals surface area contributed by atoms with E-state index in [9.17, 15) is 0 Å². The molecule has 0 spiro atoms. The Kier molecular flexibility index (Phi) is 7.53. The fraction of sp³-hybridized carbons (Fsp3) is 1.00. The molecular weight excluding hydrogens is 258 g/mol. The molecule has 0 radical (unpaired) electrons. The fourth-order valence-electron chi connectivity index (χ4n) is 3.34. The zero-order valence-electron chi connectivity index (χ0n) is 12.9. The fourth-order valence-corrected chi connectivity index (χ4v) is 7.82. The van der Waals surface area contributed by atoms with Gasteiger partial charge in [0.25, 0.3) is 0 Å². The summed E-state index contributed by atoms with van der Waals surface area (Å²) in [5, 5.41) is -0.189. The lowest BCUT2D eigenvalue weighted by atomic mass is 10.1. The van der Waals surface area contributed by atoms with Gasteiger partial charge in [-0.3, -0.25) is 0 Å². The zero-order chi connectivity index (χ0) is 14.2. The number of hydrogen-bond donors (Lipinski definition) is 1. The molecule has 0 bridgehead atoms. The molecular formula is C14H31NO3Si. The van der Waals surface area contributed by atoms with Gasteiger partial charge < -0.3 is 19.3 Å². The molecule has 0 aromatic rings. The first-order chi connectivity index (χ1) is 9.20. The minimum Gasteiger partial charge on any atom is -0.393 e. The lowest BCUT2D eigenvalue weighted by molar-refractivity contribution is -0.0461. The van der Waals surface area contributed by atoms with Gasteiger partial charge in [-0.1, -0.05) is 12.8 Å². The first-order valence-electron chi connectivity index (χ1n) is 7.82. The third-order valence-electron chi connectivity index (χ3n) is 3.99. The predicted octanol–water partition coefficient (Wildman–Crippen LogP) is 2.74. The van der Waals surface area contributed by atoms with Crippen LogP contribution in [0.3, 0.4) is 0 Å². The van der Waals surface area contributed by atoms with Crippen molar-refractivity contribution in [3.8, 4) is 0 Å². The molecule has 1 atom stereocenters. The van der Waals surface area contributed by atoms with Crippen LogP contribution in [0.25, 0.3) is 0 Å². The van der Waals surface area contributed by atoms with Crippen LogP contribution in [0.2, 0.25) is 6.04 Å². The average molecular weight is 289 g/mol. The summed E-state index contributed by atoms with van der Waals surface area (Å²) in [6.45, 7) is 9.03. The minimum absolute atomic E-state index is 0.189. The molecule has 5 heteroatoms. The Bertz CT molecular complexity index is 237. The number of ether oxygens (including phenoxy) is 1. The molecule has 114 valence electrons. The highest BCUT2D eigenvalue weighted by molar-refractivity contribution is 6.70. The minimum atomic E-state index is -2.30. The Morgan fingerprint density at radius 3 is 2.26 bits per heavy atom. The zero-order valence-corrected chi connectivity index (χ0v) is 13.9. The smallest absolute Gasteiger partial charge is 0.371 e. The third kappa shape index (κ3) is 3.79. The van der Waals surface area contributed by atoms with E-state index in [4.69, 9.17) is 19.3 Å². The van der Waals surface area contributed by atoms with Gasteiger partial charge in [0.05, 0.1) is 0 Å². The van der Waals surface area contributed by atoms with Gasteiger partial charge in [-0.05, 0) is 52.6 Å². The van der Waals surface area contributed by atoms with Crippen LogP contribution in [-0.2, 0) is 13.6 Å². The summed E-state index contributed by atoms with van der Waals surface area (Å²) in [5.74, 6) is 0. The number of hydrogen-bond acceptors (Lipinski definition) is 4. The molecule has 1 fully saturated rings. The Labute approximate surface area is 119 Å². The quantitative estimate of drug-likeness (QED) is 0.663. The Balaban J connectivity index is 3.01. The van der Waals surface area contributed by atoms with Crippen molar-refractivity contribution >= 4 is 8.56 Å². The van der Waals surface area contributed by atoms with E-state index in [0.29, 0.717) is 19.8 Å². The monoisotopic (exact) mass is 289 g/mol. The molecule has 1 aliphatic heterocycles. The third-order valence-corrected chi connectivity index (χ3v) is 8.55. The van der Waals surface area contributed by atoms with Crippen molar-refractivity contribution in [1.82, 2.24) is 0 Å². The van der Waals surface area contributed by atoms with Gasteiger partial charge >= 0.3 is 8.56 Å². The molecule has 2 N–H and O–H groups in total. The topological polar surface area (TPSA) is 53.7 Å². The van der Waals surface area contributed by atoms with Crippen LogP contribution in [0.15, 0.2) is 0 Å². The lowest BCUT2D eigenvalue weighted by Gasteiger charge is -2.49. The average Bonchev–Trinajstić information content (AvgIpc) is 2.40. The number of nitrogens with two attached hydrogens (primary N) is 1. The molecule has 0 amide bonds. The summed E-state index contributed by atoms with van der Waals surface area (Å²) in [7, 11) is -2.30. The van der Waals surface area contributed by atoms with E-state index in [0.717, 1.165) is 31.9 Å². The second-order valence-electron chi connectivity index (χ2n) is 5.15. The van der Waals surface area contributed by atoms with Crippen LogP contribution in [0.4, 0.5) is 0 Å². The maximum atomic E-state index is 6.25. The highest BCUT2D eigenvalue weighted by atomic mass is 28.4.